The van der Waals surface area contributed by atoms with Crippen LogP contribution in [0, 0.1) is 11.8 Å². The molecule has 2 atom stereocenters. The van der Waals surface area contributed by atoms with Gasteiger partial charge in [-0.1, -0.05) is 26.6 Å². The molecule has 0 nitrogen and oxygen atoms in total. The van der Waals surface area contributed by atoms with Gasteiger partial charge in [-0.15, -0.1) is 0 Å². The Morgan fingerprint density at radius 1 is 1.33 bits per heavy atom. The summed E-state index contributed by atoms with van der Waals surface area (Å²) in [5.74, 6) is 6.94. The molecule has 0 amide bonds. The summed E-state index contributed by atoms with van der Waals surface area (Å²) in [6.45, 7) is 6.86. The van der Waals surface area contributed by atoms with Gasteiger partial charge in [-0.25, -0.2) is 0 Å². The summed E-state index contributed by atoms with van der Waals surface area (Å²) >= 11 is 0. The van der Waals surface area contributed by atoms with Gasteiger partial charge in [0, 0.05) is 0 Å². The van der Waals surface area contributed by atoms with E-state index in [2.05, 4.69) is 32.9 Å². The molecular weight excluding hydrogens is 128 g/mol. The summed E-state index contributed by atoms with van der Waals surface area (Å²) in [5, 5.41) is 0. The van der Waals surface area contributed by atoms with Crippen molar-refractivity contribution >= 4 is 16.4 Å². The number of rotatable bonds is 3. The van der Waals surface area contributed by atoms with Gasteiger partial charge in [0.1, 0.15) is 0 Å². The zero-order chi connectivity index (χ0) is 7.44. The number of hydrogen-bond acceptors (Lipinski definition) is 0. The van der Waals surface area contributed by atoms with E-state index in [4.69, 9.17) is 0 Å². The van der Waals surface area contributed by atoms with Crippen molar-refractivity contribution < 1.29 is 0 Å². The van der Waals surface area contributed by atoms with Gasteiger partial charge in [-0.05, 0) is 23.8 Å². The summed E-state index contributed by atoms with van der Waals surface area (Å²) in [4.78, 5) is 0. The average Bonchev–Trinajstić information content (AvgIpc) is 1.63. The van der Waals surface area contributed by atoms with Gasteiger partial charge in [0.2, 0.25) is 0 Å². The summed E-state index contributed by atoms with van der Waals surface area (Å²) in [6, 6.07) is 0. The molecule has 0 spiro atoms. The molecule has 0 rings (SSSR count). The lowest BCUT2D eigenvalue weighted by Gasteiger charge is -2.14. The molecule has 0 heterocycles. The van der Waals surface area contributed by atoms with E-state index in [1.807, 2.05) is 0 Å². The van der Waals surface area contributed by atoms with Crippen molar-refractivity contribution in [1.29, 1.82) is 0 Å². The maximum Gasteiger partial charge on any atom is -0.00971 e. The molecule has 1 heteroatoms. The molecular formula is C8H18S. The Hall–Kier alpha value is 0.220. The van der Waals surface area contributed by atoms with E-state index in [-0.39, 0.29) is 0 Å². The predicted molar refractivity (Wildman–Crippen MR) is 49.5 cm³/mol. The molecule has 0 aromatic rings. The maximum atomic E-state index is 3.99. The van der Waals surface area contributed by atoms with Crippen LogP contribution in [0.4, 0.5) is 0 Å². The molecule has 0 fully saturated rings. The van der Waals surface area contributed by atoms with E-state index in [0.29, 0.717) is 10.5 Å². The Bertz CT molecular complexity index is 94.7. The van der Waals surface area contributed by atoms with Gasteiger partial charge in [0.15, 0.2) is 0 Å². The minimum atomic E-state index is 0.384. The lowest BCUT2D eigenvalue weighted by Crippen LogP contribution is -2.06. The Morgan fingerprint density at radius 2 is 1.78 bits per heavy atom. The highest BCUT2D eigenvalue weighted by atomic mass is 32.2. The third kappa shape index (κ3) is 4.71. The van der Waals surface area contributed by atoms with Crippen LogP contribution in [-0.2, 0) is 0 Å². The smallest absolute Gasteiger partial charge is 0.00971 e. The fourth-order valence-electron chi connectivity index (χ4n) is 0.641. The van der Waals surface area contributed by atoms with Crippen LogP contribution in [0.3, 0.4) is 0 Å². The minimum Gasteiger partial charge on any atom is -0.196 e. The van der Waals surface area contributed by atoms with Crippen LogP contribution < -0.4 is 0 Å². The Balaban J connectivity index is 3.50. The maximum absolute atomic E-state index is 3.99. The van der Waals surface area contributed by atoms with Crippen molar-refractivity contribution in [1.82, 2.24) is 0 Å². The summed E-state index contributed by atoms with van der Waals surface area (Å²) < 4.78 is 0. The second-order valence-corrected chi connectivity index (χ2v) is 5.07. The Morgan fingerprint density at radius 3 is 1.89 bits per heavy atom. The van der Waals surface area contributed by atoms with E-state index in [0.717, 1.165) is 11.8 Å². The first-order valence-electron chi connectivity index (χ1n) is 3.46. The molecule has 0 saturated carbocycles. The highest BCUT2D eigenvalue weighted by molar-refractivity contribution is 8.13. The van der Waals surface area contributed by atoms with E-state index >= 15 is 0 Å². The van der Waals surface area contributed by atoms with Crippen LogP contribution in [0.2, 0.25) is 0 Å². The molecule has 0 saturated heterocycles. The van der Waals surface area contributed by atoms with Crippen LogP contribution in [0.5, 0.6) is 0 Å². The predicted octanol–water partition coefficient (Wildman–Crippen LogP) is 2.61. The van der Waals surface area contributed by atoms with E-state index < -0.39 is 0 Å². The first-order chi connectivity index (χ1) is 4.04. The van der Waals surface area contributed by atoms with Crippen molar-refractivity contribution in [3.8, 4) is 0 Å². The molecule has 2 unspecified atom stereocenters. The topological polar surface area (TPSA) is 0 Å². The molecule has 0 aliphatic rings. The molecule has 0 N–H and O–H groups in total. The lowest BCUT2D eigenvalue weighted by atomic mass is 10.0. The van der Waals surface area contributed by atoms with Crippen LogP contribution in [0.1, 0.15) is 20.8 Å². The minimum absolute atomic E-state index is 0.384. The molecule has 0 aliphatic heterocycles. The monoisotopic (exact) mass is 146 g/mol. The Labute approximate surface area is 61.6 Å². The SMILES string of the molecule is C=S(C)CC(C)C(C)C. The summed E-state index contributed by atoms with van der Waals surface area (Å²) in [6.07, 6.45) is 2.21. The van der Waals surface area contributed by atoms with Crippen molar-refractivity contribution in [2.75, 3.05) is 12.0 Å². The van der Waals surface area contributed by atoms with Crippen molar-refractivity contribution in [2.45, 2.75) is 20.8 Å². The molecule has 0 aliphatic carbocycles. The normalized spacial score (nSPS) is 17.9. The standard InChI is InChI=1S/C8H18S/c1-7(2)8(3)6-9(4)5/h7-8H,4,6H2,1-3,5H3. The van der Waals surface area contributed by atoms with Crippen LogP contribution in [0.15, 0.2) is 0 Å². The van der Waals surface area contributed by atoms with Crippen LogP contribution in [0.25, 0.3) is 0 Å². The van der Waals surface area contributed by atoms with Crippen LogP contribution in [-0.4, -0.2) is 17.9 Å². The third-order valence-electron chi connectivity index (χ3n) is 1.69. The van der Waals surface area contributed by atoms with E-state index in [1.165, 1.54) is 5.75 Å². The van der Waals surface area contributed by atoms with Crippen molar-refractivity contribution in [2.24, 2.45) is 11.8 Å². The first kappa shape index (κ1) is 9.22. The molecule has 0 aromatic carbocycles. The molecule has 0 bridgehead atoms. The molecule has 9 heavy (non-hydrogen) atoms. The lowest BCUT2D eigenvalue weighted by molar-refractivity contribution is 0.465. The second-order valence-electron chi connectivity index (χ2n) is 3.17. The van der Waals surface area contributed by atoms with Gasteiger partial charge >= 0.3 is 0 Å². The van der Waals surface area contributed by atoms with Gasteiger partial charge in [-0.3, -0.25) is 0 Å². The zero-order valence-corrected chi connectivity index (χ0v) is 7.79. The highest BCUT2D eigenvalue weighted by Gasteiger charge is 2.05. The first-order valence-corrected chi connectivity index (χ1v) is 5.43. The van der Waals surface area contributed by atoms with E-state index in [1.54, 1.807) is 0 Å². The summed E-state index contributed by atoms with van der Waals surface area (Å²) in [5.41, 5.74) is 0. The molecule has 56 valence electrons. The van der Waals surface area contributed by atoms with E-state index in [9.17, 15) is 0 Å². The number of hydrogen-bond donors (Lipinski definition) is 0. The van der Waals surface area contributed by atoms with Gasteiger partial charge in [-0.2, -0.15) is 10.5 Å². The molecule has 0 aromatic heterocycles. The van der Waals surface area contributed by atoms with Crippen LogP contribution >= 0.6 is 10.5 Å². The summed E-state index contributed by atoms with van der Waals surface area (Å²) in [7, 11) is 0.384. The molecule has 0 radical (unpaired) electrons. The fourth-order valence-corrected chi connectivity index (χ4v) is 1.92. The van der Waals surface area contributed by atoms with Gasteiger partial charge in [0.25, 0.3) is 0 Å². The highest BCUT2D eigenvalue weighted by Crippen LogP contribution is 2.17. The second kappa shape index (κ2) is 4.10. The zero-order valence-electron chi connectivity index (χ0n) is 6.98. The van der Waals surface area contributed by atoms with Crippen molar-refractivity contribution in [3.63, 3.8) is 0 Å². The van der Waals surface area contributed by atoms with Gasteiger partial charge in [0.05, 0.1) is 0 Å². The fraction of sp³-hybridized carbons (Fsp3) is 0.875. The third-order valence-corrected chi connectivity index (χ3v) is 2.78. The largest absolute Gasteiger partial charge is 0.196 e. The van der Waals surface area contributed by atoms with Gasteiger partial charge < -0.3 is 0 Å². The quantitative estimate of drug-likeness (QED) is 0.537. The van der Waals surface area contributed by atoms with Crippen molar-refractivity contribution in [3.05, 3.63) is 0 Å². The Kier molecular flexibility index (Phi) is 4.20. The average molecular weight is 146 g/mol.